The molecule has 0 aliphatic carbocycles. The van der Waals surface area contributed by atoms with E-state index in [1.54, 1.807) is 25.4 Å². The zero-order valence-electron chi connectivity index (χ0n) is 19.2. The Morgan fingerprint density at radius 1 is 1.21 bits per heavy atom. The smallest absolute Gasteiger partial charge is 0.330 e. The van der Waals surface area contributed by atoms with Gasteiger partial charge in [0, 0.05) is 43.4 Å². The van der Waals surface area contributed by atoms with E-state index in [1.807, 2.05) is 25.1 Å². The number of aliphatic hydroxyl groups excluding tert-OH is 1. The lowest BCUT2D eigenvalue weighted by molar-refractivity contribution is -0.0418. The average molecular weight is 486 g/mol. The van der Waals surface area contributed by atoms with Crippen molar-refractivity contribution in [1.29, 1.82) is 0 Å². The van der Waals surface area contributed by atoms with Crippen LogP contribution in [0.2, 0.25) is 0 Å². The molecule has 0 aromatic carbocycles. The van der Waals surface area contributed by atoms with Crippen LogP contribution in [0.1, 0.15) is 29.3 Å². The second-order valence-electron chi connectivity index (χ2n) is 8.61. The molecule has 0 saturated carbocycles. The third kappa shape index (κ3) is 5.42. The maximum atomic E-state index is 13.4. The van der Waals surface area contributed by atoms with Gasteiger partial charge < -0.3 is 14.4 Å². The van der Waals surface area contributed by atoms with Crippen LogP contribution in [-0.2, 0) is 20.0 Å². The van der Waals surface area contributed by atoms with Gasteiger partial charge in [0.25, 0.3) is 5.56 Å². The van der Waals surface area contributed by atoms with E-state index in [0.717, 1.165) is 16.8 Å². The molecule has 34 heavy (non-hydrogen) atoms. The van der Waals surface area contributed by atoms with Crippen molar-refractivity contribution in [2.24, 2.45) is 0 Å². The van der Waals surface area contributed by atoms with Gasteiger partial charge in [-0.2, -0.15) is 0 Å². The monoisotopic (exact) mass is 486 g/mol. The summed E-state index contributed by atoms with van der Waals surface area (Å²) in [6.07, 6.45) is 2.91. The van der Waals surface area contributed by atoms with Gasteiger partial charge in [0.2, 0.25) is 7.37 Å². The maximum Gasteiger partial charge on any atom is 0.330 e. The highest BCUT2D eigenvalue weighted by Gasteiger charge is 2.40. The Balaban J connectivity index is 1.50. The van der Waals surface area contributed by atoms with E-state index in [2.05, 4.69) is 15.0 Å². The number of aliphatic hydroxyl groups is 1. The Kier molecular flexibility index (Phi) is 6.95. The van der Waals surface area contributed by atoms with E-state index in [4.69, 9.17) is 9.26 Å². The van der Waals surface area contributed by atoms with Crippen molar-refractivity contribution >= 4 is 7.37 Å². The lowest BCUT2D eigenvalue weighted by atomic mass is 10.1. The summed E-state index contributed by atoms with van der Waals surface area (Å²) in [5.41, 5.74) is 2.50. The molecule has 1 fully saturated rings. The molecule has 0 radical (unpaired) electrons. The molecule has 0 amide bonds. The predicted molar refractivity (Wildman–Crippen MR) is 126 cm³/mol. The maximum absolute atomic E-state index is 13.4. The van der Waals surface area contributed by atoms with Gasteiger partial charge in [0.15, 0.2) is 0 Å². The molecule has 4 heterocycles. The zero-order chi connectivity index (χ0) is 24.5. The van der Waals surface area contributed by atoms with E-state index < -0.39 is 37.1 Å². The van der Waals surface area contributed by atoms with E-state index in [0.29, 0.717) is 11.3 Å². The SMILES string of the molecule is Cc1ccnc(-c2cc(CP(C)(=O)OC3CC(n4cc(C)c(=O)[nH]c4=O)OC3CO)ccn2)c1. The molecule has 1 saturated heterocycles. The van der Waals surface area contributed by atoms with Gasteiger partial charge in [0.1, 0.15) is 12.3 Å². The van der Waals surface area contributed by atoms with Crippen molar-refractivity contribution in [3.63, 3.8) is 0 Å². The van der Waals surface area contributed by atoms with Crippen molar-refractivity contribution < 1.29 is 18.9 Å². The number of rotatable bonds is 7. The van der Waals surface area contributed by atoms with Gasteiger partial charge >= 0.3 is 5.69 Å². The number of nitrogens with zero attached hydrogens (tertiary/aromatic N) is 3. The van der Waals surface area contributed by atoms with Crippen LogP contribution in [0.15, 0.2) is 52.4 Å². The quantitative estimate of drug-likeness (QED) is 0.486. The number of aromatic nitrogens is 4. The zero-order valence-corrected chi connectivity index (χ0v) is 20.1. The topological polar surface area (TPSA) is 136 Å². The summed E-state index contributed by atoms with van der Waals surface area (Å²) in [7, 11) is -3.17. The number of ether oxygens (including phenoxy) is 1. The lowest BCUT2D eigenvalue weighted by Crippen LogP contribution is -2.33. The molecule has 3 aromatic rings. The highest BCUT2D eigenvalue weighted by atomic mass is 31.2. The first kappa shape index (κ1) is 24.2. The number of pyridine rings is 2. The summed E-state index contributed by atoms with van der Waals surface area (Å²) in [6.45, 7) is 4.73. The first-order valence-corrected chi connectivity index (χ1v) is 13.1. The summed E-state index contributed by atoms with van der Waals surface area (Å²) in [5, 5.41) is 9.79. The molecule has 1 aliphatic rings. The highest BCUT2D eigenvalue weighted by Crippen LogP contribution is 2.50. The van der Waals surface area contributed by atoms with Crippen molar-refractivity contribution in [2.45, 2.75) is 44.9 Å². The normalized spacial score (nSPS) is 21.9. The van der Waals surface area contributed by atoms with E-state index in [-0.39, 0.29) is 19.2 Å². The van der Waals surface area contributed by atoms with Gasteiger partial charge in [-0.15, -0.1) is 0 Å². The predicted octanol–water partition coefficient (Wildman–Crippen LogP) is 2.38. The first-order valence-electron chi connectivity index (χ1n) is 10.9. The Morgan fingerprint density at radius 2 is 1.91 bits per heavy atom. The molecule has 11 heteroatoms. The summed E-state index contributed by atoms with van der Waals surface area (Å²) < 4.78 is 26.4. The molecular weight excluding hydrogens is 459 g/mol. The molecule has 10 nitrogen and oxygen atoms in total. The summed E-state index contributed by atoms with van der Waals surface area (Å²) in [6, 6.07) is 7.44. The van der Waals surface area contributed by atoms with Crippen LogP contribution in [0.25, 0.3) is 11.4 Å². The fourth-order valence-electron chi connectivity index (χ4n) is 3.99. The minimum atomic E-state index is -3.17. The third-order valence-electron chi connectivity index (χ3n) is 5.65. The molecule has 4 atom stereocenters. The second kappa shape index (κ2) is 9.76. The molecule has 3 aromatic heterocycles. The molecule has 4 unspecified atom stereocenters. The first-order chi connectivity index (χ1) is 16.1. The summed E-state index contributed by atoms with van der Waals surface area (Å²) in [5.74, 6) is 0. The standard InChI is InChI=1S/C23H27N4O6P/c1-14-4-6-24-17(8-14)18-9-16(5-7-25-18)13-34(3,31)33-19-10-21(32-20(19)12-28)27-11-15(2)22(29)26-23(27)30/h4-9,11,19-21,28H,10,12-13H2,1-3H3,(H,26,29,30). The Labute approximate surface area is 196 Å². The highest BCUT2D eigenvalue weighted by molar-refractivity contribution is 7.57. The minimum absolute atomic E-state index is 0.158. The van der Waals surface area contributed by atoms with E-state index >= 15 is 0 Å². The molecule has 2 N–H and O–H groups in total. The molecule has 0 spiro atoms. The van der Waals surface area contributed by atoms with Crippen molar-refractivity contribution in [3.05, 3.63) is 80.4 Å². The number of aryl methyl sites for hydroxylation is 2. The number of nitrogens with one attached hydrogen (secondary N) is 1. The third-order valence-corrected chi connectivity index (χ3v) is 7.30. The molecule has 0 bridgehead atoms. The molecule has 1 aliphatic heterocycles. The van der Waals surface area contributed by atoms with Crippen molar-refractivity contribution in [1.82, 2.24) is 19.5 Å². The van der Waals surface area contributed by atoms with Crippen LogP contribution < -0.4 is 11.2 Å². The lowest BCUT2D eigenvalue weighted by Gasteiger charge is -2.22. The second-order valence-corrected chi connectivity index (χ2v) is 11.2. The van der Waals surface area contributed by atoms with Crippen LogP contribution in [-0.4, -0.2) is 50.1 Å². The van der Waals surface area contributed by atoms with E-state index in [1.165, 1.54) is 17.4 Å². The van der Waals surface area contributed by atoms with E-state index in [9.17, 15) is 19.3 Å². The largest absolute Gasteiger partial charge is 0.394 e. The molecule has 4 rings (SSSR count). The fraction of sp³-hybridized carbons (Fsp3) is 0.391. The number of aromatic amines is 1. The van der Waals surface area contributed by atoms with Crippen molar-refractivity contribution in [2.75, 3.05) is 13.3 Å². The van der Waals surface area contributed by atoms with Gasteiger partial charge in [-0.1, -0.05) is 0 Å². The van der Waals surface area contributed by atoms with Gasteiger partial charge in [-0.25, -0.2) is 4.79 Å². The van der Waals surface area contributed by atoms with Crippen LogP contribution in [0.4, 0.5) is 0 Å². The van der Waals surface area contributed by atoms with Crippen molar-refractivity contribution in [3.8, 4) is 11.4 Å². The number of hydrogen-bond acceptors (Lipinski definition) is 8. The number of H-pyrrole nitrogens is 1. The summed E-state index contributed by atoms with van der Waals surface area (Å²) in [4.78, 5) is 34.9. The Bertz CT molecular complexity index is 1350. The fourth-order valence-corrected chi connectivity index (χ4v) is 5.72. The van der Waals surface area contributed by atoms with Crippen LogP contribution in [0, 0.1) is 13.8 Å². The number of hydrogen-bond donors (Lipinski definition) is 2. The van der Waals surface area contributed by atoms with Crippen LogP contribution in [0.3, 0.4) is 0 Å². The molecular formula is C23H27N4O6P. The summed E-state index contributed by atoms with van der Waals surface area (Å²) >= 11 is 0. The van der Waals surface area contributed by atoms with Crippen LogP contribution in [0.5, 0.6) is 0 Å². The average Bonchev–Trinajstić information content (AvgIpc) is 3.17. The van der Waals surface area contributed by atoms with Gasteiger partial charge in [-0.05, 0) is 49.2 Å². The van der Waals surface area contributed by atoms with Gasteiger partial charge in [-0.3, -0.25) is 28.9 Å². The minimum Gasteiger partial charge on any atom is -0.394 e. The Morgan fingerprint density at radius 3 is 2.62 bits per heavy atom. The molecule has 180 valence electrons. The Hall–Kier alpha value is -2.91. The van der Waals surface area contributed by atoms with Gasteiger partial charge in [0.05, 0.1) is 24.1 Å². The van der Waals surface area contributed by atoms with Crippen LogP contribution >= 0.6 is 7.37 Å².